The highest BCUT2D eigenvalue weighted by atomic mass is 16.5. The fourth-order valence-corrected chi connectivity index (χ4v) is 4.24. The quantitative estimate of drug-likeness (QED) is 0.770. The predicted octanol–water partition coefficient (Wildman–Crippen LogP) is 2.71. The summed E-state index contributed by atoms with van der Waals surface area (Å²) in [5.41, 5.74) is 0.679. The Balaban J connectivity index is 1.33. The predicted molar refractivity (Wildman–Crippen MR) is 107 cm³/mol. The number of rotatable bonds is 6. The van der Waals surface area contributed by atoms with Crippen LogP contribution in [0.25, 0.3) is 0 Å². The fraction of sp³-hybridized carbons (Fsp3) is 0.455. The van der Waals surface area contributed by atoms with Crippen LogP contribution in [0.1, 0.15) is 23.2 Å². The summed E-state index contributed by atoms with van der Waals surface area (Å²) in [6.45, 7) is 4.18. The van der Waals surface area contributed by atoms with Gasteiger partial charge in [-0.2, -0.15) is 0 Å². The summed E-state index contributed by atoms with van der Waals surface area (Å²) >= 11 is 0. The normalized spacial score (nSPS) is 22.0. The van der Waals surface area contributed by atoms with Gasteiger partial charge in [-0.3, -0.25) is 14.7 Å². The molecule has 5 rings (SSSR count). The van der Waals surface area contributed by atoms with E-state index in [-0.39, 0.29) is 5.91 Å². The molecule has 2 aromatic rings. The van der Waals surface area contributed by atoms with E-state index in [0.29, 0.717) is 24.1 Å². The van der Waals surface area contributed by atoms with E-state index >= 15 is 0 Å². The van der Waals surface area contributed by atoms with Gasteiger partial charge in [-0.05, 0) is 55.2 Å². The standard InChI is InChI=1S/C22H27N3O3/c1-27-20-6-8-21(9-7-20)28-12-11-24-14-17-4-5-19(24)16-25(15-17)22(26)18-3-2-10-23-13-18/h2-3,6-10,13,17,19H,4-5,11-12,14-16H2,1H3/t17-,19-/m1/s1. The van der Waals surface area contributed by atoms with Crippen LogP contribution < -0.4 is 9.47 Å². The molecule has 0 unspecified atom stereocenters. The number of carbonyl (C=O) groups excluding carboxylic acids is 1. The molecule has 0 aliphatic carbocycles. The molecular formula is C22H27N3O3. The molecule has 2 atom stereocenters. The Kier molecular flexibility index (Phi) is 5.76. The van der Waals surface area contributed by atoms with Crippen molar-refractivity contribution in [1.82, 2.24) is 14.8 Å². The summed E-state index contributed by atoms with van der Waals surface area (Å²) in [5, 5.41) is 0. The Morgan fingerprint density at radius 2 is 1.93 bits per heavy atom. The van der Waals surface area contributed by atoms with Crippen molar-refractivity contribution >= 4 is 5.91 Å². The fourth-order valence-electron chi connectivity index (χ4n) is 4.24. The van der Waals surface area contributed by atoms with E-state index in [0.717, 1.165) is 44.1 Å². The minimum atomic E-state index is 0.0985. The van der Waals surface area contributed by atoms with Crippen LogP contribution in [-0.4, -0.2) is 66.6 Å². The van der Waals surface area contributed by atoms with Crippen LogP contribution in [0.15, 0.2) is 48.8 Å². The Morgan fingerprint density at radius 1 is 1.11 bits per heavy atom. The number of amides is 1. The molecule has 3 saturated heterocycles. The third-order valence-electron chi connectivity index (χ3n) is 5.73. The molecule has 6 heteroatoms. The molecule has 2 bridgehead atoms. The maximum Gasteiger partial charge on any atom is 0.255 e. The largest absolute Gasteiger partial charge is 0.497 e. The number of hydrogen-bond acceptors (Lipinski definition) is 5. The van der Waals surface area contributed by atoms with Crippen LogP contribution in [0.3, 0.4) is 0 Å². The lowest BCUT2D eigenvalue weighted by atomic mass is 9.95. The summed E-state index contributed by atoms with van der Waals surface area (Å²) in [4.78, 5) is 21.5. The Hall–Kier alpha value is -2.60. The van der Waals surface area contributed by atoms with Crippen molar-refractivity contribution < 1.29 is 14.3 Å². The maximum absolute atomic E-state index is 12.9. The van der Waals surface area contributed by atoms with Gasteiger partial charge in [0, 0.05) is 44.6 Å². The molecule has 0 N–H and O–H groups in total. The summed E-state index contributed by atoms with van der Waals surface area (Å²) < 4.78 is 11.1. The monoisotopic (exact) mass is 381 g/mol. The number of methoxy groups -OCH3 is 1. The maximum atomic E-state index is 12.9. The highest BCUT2D eigenvalue weighted by Crippen LogP contribution is 2.28. The Bertz CT molecular complexity index is 781. The molecule has 1 aromatic heterocycles. The number of pyridine rings is 1. The van der Waals surface area contributed by atoms with Gasteiger partial charge < -0.3 is 14.4 Å². The van der Waals surface area contributed by atoms with Gasteiger partial charge in [0.05, 0.1) is 12.7 Å². The SMILES string of the molecule is COc1ccc(OCCN2C[C@H]3CC[C@@H]2CN(C(=O)c2cccnc2)C3)cc1. The first-order valence-electron chi connectivity index (χ1n) is 9.93. The van der Waals surface area contributed by atoms with Gasteiger partial charge in [-0.15, -0.1) is 0 Å². The zero-order chi connectivity index (χ0) is 19.3. The molecule has 0 saturated carbocycles. The van der Waals surface area contributed by atoms with Crippen LogP contribution in [0.2, 0.25) is 0 Å². The molecule has 28 heavy (non-hydrogen) atoms. The first-order valence-corrected chi connectivity index (χ1v) is 9.93. The van der Waals surface area contributed by atoms with Crippen molar-refractivity contribution in [2.75, 3.05) is 39.9 Å². The molecule has 0 radical (unpaired) electrons. The van der Waals surface area contributed by atoms with Crippen molar-refractivity contribution in [3.63, 3.8) is 0 Å². The van der Waals surface area contributed by atoms with Crippen LogP contribution in [0.5, 0.6) is 11.5 Å². The second-order valence-electron chi connectivity index (χ2n) is 7.57. The smallest absolute Gasteiger partial charge is 0.255 e. The van der Waals surface area contributed by atoms with Crippen molar-refractivity contribution in [1.29, 1.82) is 0 Å². The van der Waals surface area contributed by atoms with Gasteiger partial charge >= 0.3 is 0 Å². The molecule has 6 nitrogen and oxygen atoms in total. The van der Waals surface area contributed by atoms with E-state index in [2.05, 4.69) is 9.88 Å². The van der Waals surface area contributed by atoms with Gasteiger partial charge in [-0.1, -0.05) is 0 Å². The van der Waals surface area contributed by atoms with Crippen molar-refractivity contribution in [3.8, 4) is 11.5 Å². The van der Waals surface area contributed by atoms with Crippen molar-refractivity contribution in [3.05, 3.63) is 54.4 Å². The number of carbonyl (C=O) groups is 1. The molecule has 3 aliphatic heterocycles. The van der Waals surface area contributed by atoms with Crippen LogP contribution in [-0.2, 0) is 0 Å². The van der Waals surface area contributed by atoms with Gasteiger partial charge in [-0.25, -0.2) is 0 Å². The van der Waals surface area contributed by atoms with Crippen LogP contribution >= 0.6 is 0 Å². The number of nitrogens with zero attached hydrogens (tertiary/aromatic N) is 3. The first-order chi connectivity index (χ1) is 13.7. The number of piperidine rings is 1. The van der Waals surface area contributed by atoms with Crippen LogP contribution in [0.4, 0.5) is 0 Å². The second kappa shape index (κ2) is 8.61. The number of fused-ring (bicyclic) bond motifs is 4. The van der Waals surface area contributed by atoms with E-state index in [1.165, 1.54) is 6.42 Å². The highest BCUT2D eigenvalue weighted by Gasteiger charge is 2.36. The zero-order valence-electron chi connectivity index (χ0n) is 16.3. The highest BCUT2D eigenvalue weighted by molar-refractivity contribution is 5.94. The van der Waals surface area contributed by atoms with Crippen molar-refractivity contribution in [2.45, 2.75) is 18.9 Å². The Morgan fingerprint density at radius 3 is 2.68 bits per heavy atom. The van der Waals surface area contributed by atoms with E-state index in [4.69, 9.17) is 9.47 Å². The Labute approximate surface area is 166 Å². The minimum absolute atomic E-state index is 0.0985. The van der Waals surface area contributed by atoms with Crippen LogP contribution in [0, 0.1) is 5.92 Å². The lowest BCUT2D eigenvalue weighted by Gasteiger charge is -2.35. The summed E-state index contributed by atoms with van der Waals surface area (Å²) in [7, 11) is 1.66. The molecule has 1 aromatic carbocycles. The number of ether oxygens (including phenoxy) is 2. The molecule has 3 fully saturated rings. The molecule has 3 aliphatic rings. The third kappa shape index (κ3) is 4.28. The molecule has 1 amide bonds. The molecule has 4 heterocycles. The van der Waals surface area contributed by atoms with E-state index in [9.17, 15) is 4.79 Å². The number of benzene rings is 1. The average molecular weight is 381 g/mol. The lowest BCUT2D eigenvalue weighted by molar-refractivity contribution is 0.0733. The molecular weight excluding hydrogens is 354 g/mol. The number of aromatic nitrogens is 1. The minimum Gasteiger partial charge on any atom is -0.497 e. The zero-order valence-corrected chi connectivity index (χ0v) is 16.3. The first kappa shape index (κ1) is 18.7. The average Bonchev–Trinajstić information content (AvgIpc) is 3.06. The topological polar surface area (TPSA) is 54.9 Å². The number of hydrogen-bond donors (Lipinski definition) is 0. The summed E-state index contributed by atoms with van der Waals surface area (Å²) in [5.74, 6) is 2.31. The van der Waals surface area contributed by atoms with Gasteiger partial charge in [0.15, 0.2) is 0 Å². The third-order valence-corrected chi connectivity index (χ3v) is 5.73. The van der Waals surface area contributed by atoms with Crippen molar-refractivity contribution in [2.24, 2.45) is 5.92 Å². The molecule has 148 valence electrons. The van der Waals surface area contributed by atoms with Gasteiger partial charge in [0.1, 0.15) is 18.1 Å². The van der Waals surface area contributed by atoms with E-state index in [1.807, 2.05) is 41.3 Å². The van der Waals surface area contributed by atoms with E-state index in [1.54, 1.807) is 19.5 Å². The van der Waals surface area contributed by atoms with Gasteiger partial charge in [0.2, 0.25) is 0 Å². The van der Waals surface area contributed by atoms with E-state index < -0.39 is 0 Å². The second-order valence-corrected chi connectivity index (χ2v) is 7.57. The summed E-state index contributed by atoms with van der Waals surface area (Å²) in [6, 6.07) is 11.8. The van der Waals surface area contributed by atoms with Gasteiger partial charge in [0.25, 0.3) is 5.91 Å². The molecule has 0 spiro atoms. The lowest BCUT2D eigenvalue weighted by Crippen LogP contribution is -2.46. The summed E-state index contributed by atoms with van der Waals surface area (Å²) in [6.07, 6.45) is 5.70.